The molecule has 0 saturated carbocycles. The van der Waals surface area contributed by atoms with Crippen molar-refractivity contribution in [2.75, 3.05) is 26.2 Å². The molecule has 0 bridgehead atoms. The summed E-state index contributed by atoms with van der Waals surface area (Å²) >= 11 is 0. The van der Waals surface area contributed by atoms with E-state index in [1.165, 1.54) is 5.56 Å². The first-order valence-electron chi connectivity index (χ1n) is 9.12. The van der Waals surface area contributed by atoms with Crippen molar-refractivity contribution in [1.29, 1.82) is 0 Å². The highest BCUT2D eigenvalue weighted by Crippen LogP contribution is 2.29. The fourth-order valence-electron chi connectivity index (χ4n) is 3.99. The average molecular weight is 353 g/mol. The van der Waals surface area contributed by atoms with Crippen LogP contribution >= 0.6 is 0 Å². The topological polar surface area (TPSA) is 56.7 Å². The van der Waals surface area contributed by atoms with Gasteiger partial charge >= 0.3 is 5.97 Å². The molecule has 138 valence electrons. The van der Waals surface area contributed by atoms with Gasteiger partial charge in [-0.15, -0.1) is 0 Å². The quantitative estimate of drug-likeness (QED) is 0.896. The SMILES string of the molecule is Cc1cc(C)c(C(C(=O)O)N2CCN(Cc3ccccn3)CC2)c(C)c1. The molecular weight excluding hydrogens is 326 g/mol. The smallest absolute Gasteiger partial charge is 0.325 e. The average Bonchev–Trinajstić information content (AvgIpc) is 2.59. The molecule has 2 aromatic rings. The van der Waals surface area contributed by atoms with Crippen LogP contribution in [0, 0.1) is 20.8 Å². The summed E-state index contributed by atoms with van der Waals surface area (Å²) in [4.78, 5) is 20.9. The van der Waals surface area contributed by atoms with Crippen LogP contribution in [0.2, 0.25) is 0 Å². The molecule has 1 fully saturated rings. The number of pyridine rings is 1. The molecule has 5 heteroatoms. The van der Waals surface area contributed by atoms with Crippen LogP contribution in [0.15, 0.2) is 36.5 Å². The molecule has 0 spiro atoms. The lowest BCUT2D eigenvalue weighted by molar-refractivity contribution is -0.144. The van der Waals surface area contributed by atoms with Crippen LogP contribution in [-0.2, 0) is 11.3 Å². The molecule has 0 amide bonds. The number of benzene rings is 1. The van der Waals surface area contributed by atoms with Gasteiger partial charge in [-0.25, -0.2) is 0 Å². The summed E-state index contributed by atoms with van der Waals surface area (Å²) in [6.45, 7) is 10.1. The molecule has 5 nitrogen and oxygen atoms in total. The first-order chi connectivity index (χ1) is 12.5. The van der Waals surface area contributed by atoms with Gasteiger partial charge in [0.25, 0.3) is 0 Å². The number of piperazine rings is 1. The van der Waals surface area contributed by atoms with E-state index in [4.69, 9.17) is 0 Å². The zero-order valence-corrected chi connectivity index (χ0v) is 15.8. The van der Waals surface area contributed by atoms with Crippen LogP contribution in [0.1, 0.15) is 34.0 Å². The zero-order chi connectivity index (χ0) is 18.7. The van der Waals surface area contributed by atoms with Gasteiger partial charge in [0.05, 0.1) is 5.69 Å². The van der Waals surface area contributed by atoms with E-state index in [1.807, 2.05) is 38.2 Å². The monoisotopic (exact) mass is 353 g/mol. The number of aromatic nitrogens is 1. The minimum absolute atomic E-state index is 0.576. The Morgan fingerprint density at radius 1 is 1.12 bits per heavy atom. The van der Waals surface area contributed by atoms with Crippen LogP contribution in [0.25, 0.3) is 0 Å². The van der Waals surface area contributed by atoms with Crippen LogP contribution in [-0.4, -0.2) is 52.0 Å². The highest BCUT2D eigenvalue weighted by Gasteiger charge is 2.32. The Morgan fingerprint density at radius 2 is 1.77 bits per heavy atom. The third-order valence-corrected chi connectivity index (χ3v) is 5.13. The van der Waals surface area contributed by atoms with Gasteiger partial charge in [0.15, 0.2) is 0 Å². The number of carboxylic acids is 1. The van der Waals surface area contributed by atoms with Crippen molar-refractivity contribution in [3.8, 4) is 0 Å². The van der Waals surface area contributed by atoms with Crippen molar-refractivity contribution >= 4 is 5.97 Å². The number of carbonyl (C=O) groups is 1. The maximum atomic E-state index is 12.1. The highest BCUT2D eigenvalue weighted by molar-refractivity contribution is 5.77. The molecule has 1 atom stereocenters. The van der Waals surface area contributed by atoms with E-state index in [0.717, 1.165) is 55.1 Å². The Hall–Kier alpha value is -2.24. The maximum Gasteiger partial charge on any atom is 0.325 e. The normalized spacial score (nSPS) is 17.2. The van der Waals surface area contributed by atoms with Crippen LogP contribution in [0.5, 0.6) is 0 Å². The Balaban J connectivity index is 1.73. The predicted octanol–water partition coefficient (Wildman–Crippen LogP) is 2.95. The fourth-order valence-corrected chi connectivity index (χ4v) is 3.99. The first-order valence-corrected chi connectivity index (χ1v) is 9.12. The molecule has 26 heavy (non-hydrogen) atoms. The second kappa shape index (κ2) is 7.98. The molecule has 1 aromatic heterocycles. The second-order valence-corrected chi connectivity index (χ2v) is 7.19. The first kappa shape index (κ1) is 18.5. The lowest BCUT2D eigenvalue weighted by atomic mass is 9.92. The zero-order valence-electron chi connectivity index (χ0n) is 15.8. The number of hydrogen-bond acceptors (Lipinski definition) is 4. The van der Waals surface area contributed by atoms with Crippen molar-refractivity contribution < 1.29 is 9.90 Å². The van der Waals surface area contributed by atoms with Gasteiger partial charge in [-0.05, 0) is 49.6 Å². The highest BCUT2D eigenvalue weighted by atomic mass is 16.4. The fraction of sp³-hybridized carbons (Fsp3) is 0.429. The molecule has 1 aliphatic rings. The standard InChI is InChI=1S/C21H27N3O2/c1-15-12-16(2)19(17(3)13-15)20(21(25)26)24-10-8-23(9-11-24)14-18-6-4-5-7-22-18/h4-7,12-13,20H,8-11,14H2,1-3H3,(H,25,26). The lowest BCUT2D eigenvalue weighted by Gasteiger charge is -2.38. The Labute approximate surface area is 155 Å². The Kier molecular flexibility index (Phi) is 5.69. The third kappa shape index (κ3) is 4.11. The molecule has 1 N–H and O–H groups in total. The third-order valence-electron chi connectivity index (χ3n) is 5.13. The van der Waals surface area contributed by atoms with E-state index in [1.54, 1.807) is 0 Å². The van der Waals surface area contributed by atoms with Crippen molar-refractivity contribution in [2.45, 2.75) is 33.4 Å². The summed E-state index contributed by atoms with van der Waals surface area (Å²) in [7, 11) is 0. The number of nitrogens with zero attached hydrogens (tertiary/aromatic N) is 3. The van der Waals surface area contributed by atoms with Gasteiger partial charge in [0.2, 0.25) is 0 Å². The van der Waals surface area contributed by atoms with Crippen molar-refractivity contribution in [3.63, 3.8) is 0 Å². The van der Waals surface area contributed by atoms with E-state index >= 15 is 0 Å². The summed E-state index contributed by atoms with van der Waals surface area (Å²) in [6, 6.07) is 9.54. The van der Waals surface area contributed by atoms with Gasteiger partial charge in [-0.2, -0.15) is 0 Å². The van der Waals surface area contributed by atoms with E-state index in [0.29, 0.717) is 0 Å². The minimum atomic E-state index is -0.766. The summed E-state index contributed by atoms with van der Waals surface area (Å²) < 4.78 is 0. The minimum Gasteiger partial charge on any atom is -0.480 e. The van der Waals surface area contributed by atoms with E-state index < -0.39 is 12.0 Å². The number of carboxylic acid groups (broad SMARTS) is 1. The predicted molar refractivity (Wildman–Crippen MR) is 102 cm³/mol. The van der Waals surface area contributed by atoms with Crippen LogP contribution in [0.3, 0.4) is 0 Å². The summed E-state index contributed by atoms with van der Waals surface area (Å²) in [5.74, 6) is -0.766. The van der Waals surface area contributed by atoms with Gasteiger partial charge < -0.3 is 5.11 Å². The van der Waals surface area contributed by atoms with Gasteiger partial charge in [-0.1, -0.05) is 23.8 Å². The summed E-state index contributed by atoms with van der Waals surface area (Å²) in [5.41, 5.74) is 5.30. The van der Waals surface area contributed by atoms with E-state index in [9.17, 15) is 9.90 Å². The molecule has 2 heterocycles. The van der Waals surface area contributed by atoms with E-state index in [-0.39, 0.29) is 0 Å². The molecule has 0 radical (unpaired) electrons. The second-order valence-electron chi connectivity index (χ2n) is 7.19. The van der Waals surface area contributed by atoms with Crippen LogP contribution in [0.4, 0.5) is 0 Å². The molecule has 1 saturated heterocycles. The van der Waals surface area contributed by atoms with Crippen LogP contribution < -0.4 is 0 Å². The molecule has 0 aliphatic carbocycles. The molecule has 1 unspecified atom stereocenters. The number of aliphatic carboxylic acids is 1. The van der Waals surface area contributed by atoms with Gasteiger partial charge in [0.1, 0.15) is 6.04 Å². The molecule has 1 aromatic carbocycles. The maximum absolute atomic E-state index is 12.1. The Bertz CT molecular complexity index is 745. The van der Waals surface area contributed by atoms with Crippen molar-refractivity contribution in [1.82, 2.24) is 14.8 Å². The van der Waals surface area contributed by atoms with Gasteiger partial charge in [-0.3, -0.25) is 19.6 Å². The number of rotatable bonds is 5. The van der Waals surface area contributed by atoms with Crippen molar-refractivity contribution in [3.05, 3.63) is 64.5 Å². The van der Waals surface area contributed by atoms with E-state index in [2.05, 4.69) is 33.8 Å². The Morgan fingerprint density at radius 3 is 2.31 bits per heavy atom. The number of aryl methyl sites for hydroxylation is 3. The van der Waals surface area contributed by atoms with Crippen molar-refractivity contribution in [2.24, 2.45) is 0 Å². The summed E-state index contributed by atoms with van der Waals surface area (Å²) in [6.07, 6.45) is 1.81. The summed E-state index contributed by atoms with van der Waals surface area (Å²) in [5, 5.41) is 9.93. The number of hydrogen-bond donors (Lipinski definition) is 1. The lowest BCUT2D eigenvalue weighted by Crippen LogP contribution is -2.49. The van der Waals surface area contributed by atoms with Gasteiger partial charge in [0, 0.05) is 38.9 Å². The largest absolute Gasteiger partial charge is 0.480 e. The molecule has 1 aliphatic heterocycles. The molecule has 3 rings (SSSR count). The molecular formula is C21H27N3O2.